The van der Waals surface area contributed by atoms with Crippen LogP contribution >= 0.6 is 23.3 Å². The summed E-state index contributed by atoms with van der Waals surface area (Å²) >= 11 is 2.06. The van der Waals surface area contributed by atoms with Crippen LogP contribution < -0.4 is 4.74 Å². The van der Waals surface area contributed by atoms with Gasteiger partial charge in [0.25, 0.3) is 10.4 Å². The van der Waals surface area contributed by atoms with E-state index in [1.165, 1.54) is 4.90 Å². The van der Waals surface area contributed by atoms with E-state index < -0.39 is 0 Å². The van der Waals surface area contributed by atoms with Gasteiger partial charge < -0.3 is 23.8 Å². The first kappa shape index (κ1) is 16.4. The largest absolute Gasteiger partial charge is 0.466 e. The quantitative estimate of drug-likeness (QED) is 0.714. The van der Waals surface area contributed by atoms with Crippen LogP contribution in [0, 0.1) is 0 Å². The molecule has 21 heavy (non-hydrogen) atoms. The molecule has 10 heteroatoms. The lowest BCUT2D eigenvalue weighted by atomic mass is 10.4. The summed E-state index contributed by atoms with van der Waals surface area (Å²) in [7, 11) is 4.94. The zero-order chi connectivity index (χ0) is 15.2. The molecule has 2 unspecified atom stereocenters. The molecule has 1 amide bonds. The number of carbonyl (C=O) groups is 1. The molecular weight excluding hydrogens is 318 g/mol. The first-order valence-electron chi connectivity index (χ1n) is 6.20. The molecule has 1 aliphatic rings. The van der Waals surface area contributed by atoms with Crippen molar-refractivity contribution in [2.45, 2.75) is 17.6 Å². The van der Waals surface area contributed by atoms with Gasteiger partial charge in [-0.1, -0.05) is 0 Å². The fourth-order valence-electron chi connectivity index (χ4n) is 1.45. The molecule has 2 heterocycles. The number of methoxy groups -OCH3 is 1. The third kappa shape index (κ3) is 5.08. The topological polar surface area (TPSA) is 83.0 Å². The summed E-state index contributed by atoms with van der Waals surface area (Å²) in [6.45, 7) is 1.16. The minimum Gasteiger partial charge on any atom is -0.466 e. The van der Waals surface area contributed by atoms with E-state index in [1.54, 1.807) is 21.2 Å². The van der Waals surface area contributed by atoms with Gasteiger partial charge in [-0.3, -0.25) is 4.79 Å². The van der Waals surface area contributed by atoms with E-state index in [-0.39, 0.29) is 17.6 Å². The van der Waals surface area contributed by atoms with E-state index in [1.807, 2.05) is 0 Å². The van der Waals surface area contributed by atoms with Gasteiger partial charge in [-0.05, 0) is 0 Å². The van der Waals surface area contributed by atoms with Crippen LogP contribution in [0.1, 0.15) is 0 Å². The molecule has 0 aromatic carbocycles. The Labute approximate surface area is 130 Å². The summed E-state index contributed by atoms with van der Waals surface area (Å²) in [5, 5.41) is 0.659. The number of hydrogen-bond acceptors (Lipinski definition) is 9. The molecular formula is C11H17N3O5S2. The van der Waals surface area contributed by atoms with Gasteiger partial charge in [0.05, 0.1) is 13.2 Å². The van der Waals surface area contributed by atoms with Gasteiger partial charge in [0.1, 0.15) is 12.7 Å². The zero-order valence-electron chi connectivity index (χ0n) is 12.0. The van der Waals surface area contributed by atoms with Crippen LogP contribution in [0.4, 0.5) is 4.79 Å². The van der Waals surface area contributed by atoms with Crippen molar-refractivity contribution in [2.24, 2.45) is 0 Å². The van der Waals surface area contributed by atoms with E-state index in [0.717, 1.165) is 23.3 Å². The Hall–Kier alpha value is -0.940. The summed E-state index contributed by atoms with van der Waals surface area (Å²) < 4.78 is 25.4. The summed E-state index contributed by atoms with van der Waals surface area (Å²) in [4.78, 5) is 17.1. The van der Waals surface area contributed by atoms with Crippen LogP contribution in [0.15, 0.2) is 5.16 Å². The number of rotatable bonds is 6. The maximum absolute atomic E-state index is 11.5. The number of hydrogen-bond donors (Lipinski definition) is 0. The second kappa shape index (κ2) is 7.90. The maximum atomic E-state index is 11.5. The molecule has 1 aliphatic heterocycles. The molecule has 0 N–H and O–H groups in total. The van der Waals surface area contributed by atoms with Gasteiger partial charge in [-0.15, -0.1) is 0 Å². The van der Waals surface area contributed by atoms with E-state index in [4.69, 9.17) is 18.9 Å². The van der Waals surface area contributed by atoms with Crippen LogP contribution in [0.5, 0.6) is 5.19 Å². The molecule has 0 aliphatic carbocycles. The highest BCUT2D eigenvalue weighted by Crippen LogP contribution is 2.24. The van der Waals surface area contributed by atoms with Gasteiger partial charge in [-0.25, -0.2) is 0 Å². The van der Waals surface area contributed by atoms with E-state index in [0.29, 0.717) is 30.2 Å². The van der Waals surface area contributed by atoms with Gasteiger partial charge in [-0.2, -0.15) is 9.36 Å². The number of carbonyl (C=O) groups excluding carboxylic acids is 1. The highest BCUT2D eigenvalue weighted by molar-refractivity contribution is 8.13. The van der Waals surface area contributed by atoms with Crippen LogP contribution in [0.2, 0.25) is 0 Å². The Bertz CT molecular complexity index is 470. The van der Waals surface area contributed by atoms with Crippen LogP contribution in [0.3, 0.4) is 0 Å². The fraction of sp³-hybridized carbons (Fsp3) is 0.727. The molecule has 0 radical (unpaired) electrons. The van der Waals surface area contributed by atoms with Crippen LogP contribution in [-0.2, 0) is 14.2 Å². The Morgan fingerprint density at radius 3 is 3.05 bits per heavy atom. The second-order valence-electron chi connectivity index (χ2n) is 4.39. The maximum Gasteiger partial charge on any atom is 0.294 e. The SMILES string of the molecule is COCC1OCC(COc2nc(SC(=O)N(C)C)ns2)O1. The van der Waals surface area contributed by atoms with Crippen molar-refractivity contribution in [3.63, 3.8) is 0 Å². The fourth-order valence-corrected chi connectivity index (χ4v) is 2.68. The van der Waals surface area contributed by atoms with E-state index >= 15 is 0 Å². The number of ether oxygens (including phenoxy) is 4. The molecule has 0 saturated carbocycles. The molecule has 2 atom stereocenters. The molecule has 118 valence electrons. The van der Waals surface area contributed by atoms with Gasteiger partial charge >= 0.3 is 0 Å². The van der Waals surface area contributed by atoms with Crippen molar-refractivity contribution in [1.29, 1.82) is 0 Å². The van der Waals surface area contributed by atoms with Gasteiger partial charge in [0, 0.05) is 44.5 Å². The third-order valence-electron chi connectivity index (χ3n) is 2.44. The van der Waals surface area contributed by atoms with Crippen LogP contribution in [0.25, 0.3) is 0 Å². The minimum atomic E-state index is -0.346. The Morgan fingerprint density at radius 1 is 1.52 bits per heavy atom. The Balaban J connectivity index is 1.74. The van der Waals surface area contributed by atoms with Crippen molar-refractivity contribution in [3.05, 3.63) is 0 Å². The van der Waals surface area contributed by atoms with Gasteiger partial charge in [0.2, 0.25) is 5.16 Å². The van der Waals surface area contributed by atoms with Crippen molar-refractivity contribution < 1.29 is 23.7 Å². The molecule has 2 rings (SSSR count). The molecule has 0 bridgehead atoms. The van der Waals surface area contributed by atoms with Crippen LogP contribution in [-0.4, -0.2) is 72.9 Å². The molecule has 0 spiro atoms. The van der Waals surface area contributed by atoms with Crippen molar-refractivity contribution >= 4 is 28.5 Å². The molecule has 1 saturated heterocycles. The highest BCUT2D eigenvalue weighted by atomic mass is 32.2. The number of aromatic nitrogens is 2. The lowest BCUT2D eigenvalue weighted by Gasteiger charge is -2.10. The van der Waals surface area contributed by atoms with Crippen molar-refractivity contribution in [1.82, 2.24) is 14.3 Å². The van der Waals surface area contributed by atoms with E-state index in [9.17, 15) is 4.79 Å². The summed E-state index contributed by atoms with van der Waals surface area (Å²) in [5.41, 5.74) is 0. The average Bonchev–Trinajstić information content (AvgIpc) is 3.06. The lowest BCUT2D eigenvalue weighted by Crippen LogP contribution is -2.22. The smallest absolute Gasteiger partial charge is 0.294 e. The number of amides is 1. The van der Waals surface area contributed by atoms with Crippen molar-refractivity contribution in [2.75, 3.05) is 41.0 Å². The standard InChI is InChI=1S/C11H17N3O5S2/c1-14(2)11(15)20-9-12-10(21-13-9)18-5-7-4-17-8(19-7)6-16-3/h7-8H,4-6H2,1-3H3. The first-order valence-corrected chi connectivity index (χ1v) is 7.79. The highest BCUT2D eigenvalue weighted by Gasteiger charge is 2.26. The lowest BCUT2D eigenvalue weighted by molar-refractivity contribution is -0.100. The third-order valence-corrected chi connectivity index (χ3v) is 4.09. The van der Waals surface area contributed by atoms with Gasteiger partial charge in [0.15, 0.2) is 6.29 Å². The summed E-state index contributed by atoms with van der Waals surface area (Å²) in [6, 6.07) is 0. The predicted molar refractivity (Wildman–Crippen MR) is 76.8 cm³/mol. The summed E-state index contributed by atoms with van der Waals surface area (Å²) in [6.07, 6.45) is -0.504. The molecule has 1 aromatic rings. The minimum absolute atomic E-state index is 0.130. The molecule has 1 fully saturated rings. The molecule has 8 nitrogen and oxygen atoms in total. The molecule has 1 aromatic heterocycles. The first-order chi connectivity index (χ1) is 10.1. The zero-order valence-corrected chi connectivity index (χ0v) is 13.6. The Kier molecular flexibility index (Phi) is 6.18. The summed E-state index contributed by atoms with van der Waals surface area (Å²) in [5.74, 6) is 0. The second-order valence-corrected chi connectivity index (χ2v) is 6.03. The monoisotopic (exact) mass is 335 g/mol. The number of thioether (sulfide) groups is 1. The Morgan fingerprint density at radius 2 is 2.33 bits per heavy atom. The predicted octanol–water partition coefficient (Wildman–Crippen LogP) is 1.08. The number of nitrogens with zero attached hydrogens (tertiary/aromatic N) is 3. The van der Waals surface area contributed by atoms with E-state index in [2.05, 4.69) is 9.36 Å². The normalized spacial score (nSPS) is 21.5. The average molecular weight is 335 g/mol. The van der Waals surface area contributed by atoms with Crippen molar-refractivity contribution in [3.8, 4) is 5.19 Å².